The van der Waals surface area contributed by atoms with Gasteiger partial charge in [0.15, 0.2) is 0 Å². The lowest BCUT2D eigenvalue weighted by Crippen LogP contribution is -2.58. The standard InChI is InChI=1S/C42H52N10O10S2/c1-25-42(61)52-22-27(62-23-26-20-44-29-9-3-2-8-28(26)29)18-33(52)41(60)49-32(38(43)57)24-64-63-17-12-34(53)47-30(10-4-6-13-50-15-16-51-14-7-5-11-36(50)51)39(58)45-21-35(54)48-31(19-37(55)56)40(59)46-25/h2-3,5,7-9,11,14-16,20,25,27,30-33,44H,4,6,10,12-13,17-19,21-24H2,1H3,(H7-,43,45,46,47,48,49,53,54,55,56,57,58,59,60)/p+1. The van der Waals surface area contributed by atoms with Gasteiger partial charge in [-0.1, -0.05) is 45.9 Å². The number of amides is 7. The Labute approximate surface area is 375 Å². The first-order valence-electron chi connectivity index (χ1n) is 20.9. The molecule has 7 amide bonds. The number of aromatic nitrogens is 3. The van der Waals surface area contributed by atoms with E-state index in [1.807, 2.05) is 71.7 Å². The molecule has 5 heterocycles. The third-order valence-corrected chi connectivity index (χ3v) is 13.3. The summed E-state index contributed by atoms with van der Waals surface area (Å²) in [6, 6.07) is 7.16. The molecule has 0 aliphatic carbocycles. The number of carboxylic acids is 1. The topological polar surface area (TPSA) is 280 Å². The highest BCUT2D eigenvalue weighted by Crippen LogP contribution is 2.27. The SMILES string of the molecule is CC1NC(=O)C(CC(=O)O)NC(=O)CNC(=O)C(CCCCn2cc[n+]3ccccc23)NC(=O)CCSSCC(C(N)=O)NC(=O)C2CC(OCc3c[nH]c4ccccc34)CN2C1=O. The van der Waals surface area contributed by atoms with Crippen LogP contribution in [0.3, 0.4) is 0 Å². The second-order valence-corrected chi connectivity index (χ2v) is 18.2. The van der Waals surface area contributed by atoms with Crippen molar-refractivity contribution >= 4 is 85.5 Å². The summed E-state index contributed by atoms with van der Waals surface area (Å²) < 4.78 is 10.3. The Morgan fingerprint density at radius 2 is 1.69 bits per heavy atom. The highest BCUT2D eigenvalue weighted by Gasteiger charge is 2.43. The third-order valence-electron chi connectivity index (χ3n) is 10.9. The van der Waals surface area contributed by atoms with Gasteiger partial charge in [0, 0.05) is 59.6 Å². The van der Waals surface area contributed by atoms with Gasteiger partial charge >= 0.3 is 5.97 Å². The number of nitrogens with zero attached hydrogens (tertiary/aromatic N) is 3. The molecule has 1 aromatic carbocycles. The van der Waals surface area contributed by atoms with Crippen LogP contribution in [0, 0.1) is 0 Å². The van der Waals surface area contributed by atoms with Crippen molar-refractivity contribution in [1.29, 1.82) is 0 Å². The molecule has 3 aromatic heterocycles. The number of pyridine rings is 1. The Hall–Kier alpha value is -6.13. The lowest BCUT2D eigenvalue weighted by molar-refractivity contribution is -0.510. The van der Waals surface area contributed by atoms with Gasteiger partial charge in [0.1, 0.15) is 42.6 Å². The number of carbonyl (C=O) groups excluding carboxylic acids is 7. The second-order valence-electron chi connectivity index (χ2n) is 15.6. The molecular formula is C42H53N10O10S2+. The van der Waals surface area contributed by atoms with Crippen molar-refractivity contribution in [2.24, 2.45) is 5.73 Å². The fraction of sp³-hybridized carbons (Fsp3) is 0.452. The number of H-pyrrole nitrogens is 1. The zero-order valence-corrected chi connectivity index (χ0v) is 36.8. The summed E-state index contributed by atoms with van der Waals surface area (Å²) in [5.74, 6) is -6.33. The number of hydrogen-bond acceptors (Lipinski definition) is 11. The Morgan fingerprint density at radius 3 is 2.48 bits per heavy atom. The van der Waals surface area contributed by atoms with Crippen LogP contribution >= 0.6 is 21.6 Å². The average molecular weight is 922 g/mol. The summed E-state index contributed by atoms with van der Waals surface area (Å²) in [4.78, 5) is 110. The number of aryl methyl sites for hydroxylation is 1. The van der Waals surface area contributed by atoms with Crippen LogP contribution in [0.5, 0.6) is 0 Å². The molecule has 4 aromatic rings. The number of aromatic amines is 1. The third kappa shape index (κ3) is 12.7. The fourth-order valence-electron chi connectivity index (χ4n) is 7.59. The molecule has 2 saturated heterocycles. The van der Waals surface area contributed by atoms with Gasteiger partial charge in [-0.25, -0.2) is 8.97 Å². The Bertz CT molecular complexity index is 2360. The van der Waals surface area contributed by atoms with Gasteiger partial charge in [-0.05, 0) is 38.3 Å². The molecule has 64 heavy (non-hydrogen) atoms. The first-order valence-corrected chi connectivity index (χ1v) is 23.4. The van der Waals surface area contributed by atoms with Crippen LogP contribution in [0.2, 0.25) is 0 Å². The molecule has 0 spiro atoms. The van der Waals surface area contributed by atoms with Crippen LogP contribution in [-0.2, 0) is 56.2 Å². The van der Waals surface area contributed by atoms with Gasteiger partial charge in [0.25, 0.3) is 5.65 Å². The maximum atomic E-state index is 14.0. The van der Waals surface area contributed by atoms with Crippen LogP contribution in [0.1, 0.15) is 51.0 Å². The predicted octanol–water partition coefficient (Wildman–Crippen LogP) is -0.115. The minimum Gasteiger partial charge on any atom is -0.481 e. The van der Waals surface area contributed by atoms with Crippen molar-refractivity contribution in [3.05, 3.63) is 72.8 Å². The van der Waals surface area contributed by atoms with Crippen molar-refractivity contribution in [2.45, 2.75) is 94.9 Å². The lowest BCUT2D eigenvalue weighted by Gasteiger charge is -2.28. The van der Waals surface area contributed by atoms with Crippen LogP contribution in [0.15, 0.2) is 67.3 Å². The van der Waals surface area contributed by atoms with Crippen LogP contribution in [-0.4, -0.2) is 128 Å². The number of carbonyl (C=O) groups is 8. The number of para-hydroxylation sites is 1. The van der Waals surface area contributed by atoms with Crippen LogP contribution in [0.4, 0.5) is 0 Å². The summed E-state index contributed by atoms with van der Waals surface area (Å²) in [6.07, 6.45) is 7.57. The highest BCUT2D eigenvalue weighted by atomic mass is 33.1. The summed E-state index contributed by atoms with van der Waals surface area (Å²) in [6.45, 7) is 1.44. The number of ether oxygens (including phenoxy) is 1. The minimum atomic E-state index is -1.66. The van der Waals surface area contributed by atoms with Gasteiger partial charge in [0.05, 0.1) is 38.4 Å². The number of nitrogens with two attached hydrogens (primary N) is 1. The number of primary amides is 1. The zero-order valence-electron chi connectivity index (χ0n) is 35.2. The Kier molecular flexibility index (Phi) is 16.6. The number of nitrogens with one attached hydrogen (secondary N) is 6. The molecule has 342 valence electrons. The predicted molar refractivity (Wildman–Crippen MR) is 236 cm³/mol. The number of fused-ring (bicyclic) bond motifs is 3. The molecule has 6 unspecified atom stereocenters. The Balaban J connectivity index is 1.15. The van der Waals surface area contributed by atoms with Crippen LogP contribution < -0.4 is 36.7 Å². The maximum Gasteiger partial charge on any atom is 0.305 e. The molecule has 22 heteroatoms. The Morgan fingerprint density at radius 1 is 0.906 bits per heavy atom. The molecule has 0 bridgehead atoms. The minimum absolute atomic E-state index is 0.00857. The fourth-order valence-corrected chi connectivity index (χ4v) is 9.75. The second kappa shape index (κ2) is 22.5. The van der Waals surface area contributed by atoms with E-state index in [-0.39, 0.29) is 43.9 Å². The number of unbranched alkanes of at least 4 members (excludes halogenated alkanes) is 1. The van der Waals surface area contributed by atoms with Crippen molar-refractivity contribution in [1.82, 2.24) is 41.0 Å². The van der Waals surface area contributed by atoms with Gasteiger partial charge in [-0.2, -0.15) is 0 Å². The highest BCUT2D eigenvalue weighted by molar-refractivity contribution is 8.76. The van der Waals surface area contributed by atoms with E-state index in [0.29, 0.717) is 19.4 Å². The molecule has 0 radical (unpaired) electrons. The van der Waals surface area contributed by atoms with E-state index in [9.17, 15) is 43.5 Å². The molecule has 2 aliphatic rings. The molecular weight excluding hydrogens is 869 g/mol. The van der Waals surface area contributed by atoms with Crippen molar-refractivity contribution in [3.8, 4) is 0 Å². The number of carboxylic acid groups (broad SMARTS) is 1. The van der Waals surface area contributed by atoms with Crippen molar-refractivity contribution in [2.75, 3.05) is 24.6 Å². The normalized spacial score (nSPS) is 23.7. The van der Waals surface area contributed by atoms with E-state index in [1.165, 1.54) is 33.4 Å². The molecule has 6 rings (SSSR count). The summed E-state index contributed by atoms with van der Waals surface area (Å²) in [5.41, 5.74) is 8.44. The number of aliphatic carboxylic acids is 1. The number of hydrogen-bond donors (Lipinski definition) is 8. The van der Waals surface area contributed by atoms with Gasteiger partial charge < -0.3 is 52.0 Å². The van der Waals surface area contributed by atoms with E-state index in [2.05, 4.69) is 36.1 Å². The van der Waals surface area contributed by atoms with E-state index in [1.54, 1.807) is 0 Å². The molecule has 2 aliphatic heterocycles. The van der Waals surface area contributed by atoms with Crippen molar-refractivity contribution in [3.63, 3.8) is 0 Å². The van der Waals surface area contributed by atoms with Crippen LogP contribution in [0.25, 0.3) is 16.6 Å². The molecule has 0 saturated carbocycles. The summed E-state index contributed by atoms with van der Waals surface area (Å²) in [7, 11) is 2.46. The summed E-state index contributed by atoms with van der Waals surface area (Å²) >= 11 is 0. The quantitative estimate of drug-likeness (QED) is 0.0556. The van der Waals surface area contributed by atoms with E-state index < -0.39 is 96.6 Å². The first-order chi connectivity index (χ1) is 30.8. The zero-order chi connectivity index (χ0) is 45.8. The largest absolute Gasteiger partial charge is 0.481 e. The summed E-state index contributed by atoms with van der Waals surface area (Å²) in [5, 5.41) is 23.2. The number of imidazole rings is 1. The number of rotatable bonds is 11. The average Bonchev–Trinajstić information content (AvgIpc) is 4.01. The van der Waals surface area contributed by atoms with E-state index in [0.717, 1.165) is 22.1 Å². The molecule has 2 fully saturated rings. The van der Waals surface area contributed by atoms with Crippen molar-refractivity contribution < 1.29 is 52.6 Å². The molecule has 9 N–H and O–H groups in total. The van der Waals surface area contributed by atoms with E-state index in [4.69, 9.17) is 10.5 Å². The monoisotopic (exact) mass is 921 g/mol. The van der Waals surface area contributed by atoms with Gasteiger partial charge in [-0.3, -0.25) is 38.4 Å². The van der Waals surface area contributed by atoms with Gasteiger partial charge in [-0.15, -0.1) is 0 Å². The maximum absolute atomic E-state index is 14.0. The number of benzene rings is 1. The smallest absolute Gasteiger partial charge is 0.305 e. The first kappa shape index (κ1) is 47.4. The molecule has 20 nitrogen and oxygen atoms in total. The lowest BCUT2D eigenvalue weighted by atomic mass is 10.1. The van der Waals surface area contributed by atoms with E-state index >= 15 is 0 Å². The van der Waals surface area contributed by atoms with Gasteiger partial charge in [0.2, 0.25) is 41.4 Å². The molecule has 6 atom stereocenters.